The molecule has 2 atom stereocenters. The molecule has 0 saturated carbocycles. The fourth-order valence-electron chi connectivity index (χ4n) is 4.03. The average Bonchev–Trinajstić information content (AvgIpc) is 3.40. The van der Waals surface area contributed by atoms with Crippen LogP contribution in [0.1, 0.15) is 17.0 Å². The minimum atomic E-state index is -3.71. The van der Waals surface area contributed by atoms with Crippen molar-refractivity contribution >= 4 is 15.7 Å². The van der Waals surface area contributed by atoms with E-state index >= 15 is 0 Å². The van der Waals surface area contributed by atoms with Gasteiger partial charge >= 0.3 is 0 Å². The van der Waals surface area contributed by atoms with Crippen molar-refractivity contribution in [2.45, 2.75) is 17.5 Å². The molecule has 2 heterocycles. The second-order valence-corrected chi connectivity index (χ2v) is 9.79. The Morgan fingerprint density at radius 1 is 1.19 bits per heavy atom. The number of hydrogen-bond acceptors (Lipinski definition) is 5. The first kappa shape index (κ1) is 21.5. The number of nitrogens with two attached hydrogens (primary N) is 1. The van der Waals surface area contributed by atoms with Gasteiger partial charge in [0.1, 0.15) is 5.82 Å². The second-order valence-electron chi connectivity index (χ2n) is 7.90. The first-order valence-electron chi connectivity index (χ1n) is 10.1. The lowest BCUT2D eigenvalue weighted by molar-refractivity contribution is 0.459. The third-order valence-electron chi connectivity index (χ3n) is 5.72. The van der Waals surface area contributed by atoms with Crippen molar-refractivity contribution in [2.24, 2.45) is 18.7 Å². The number of benzene rings is 2. The Balaban J connectivity index is 1.58. The predicted octanol–water partition coefficient (Wildman–Crippen LogP) is 2.53. The van der Waals surface area contributed by atoms with Crippen molar-refractivity contribution < 1.29 is 12.8 Å². The zero-order chi connectivity index (χ0) is 22.0. The van der Waals surface area contributed by atoms with Crippen LogP contribution in [0.2, 0.25) is 0 Å². The van der Waals surface area contributed by atoms with Gasteiger partial charge in [0.2, 0.25) is 0 Å². The molecule has 3 aromatic rings. The molecule has 1 aliphatic heterocycles. The number of halogens is 1. The molecule has 9 heteroatoms. The maximum Gasteiger partial charge on any atom is 0.262 e. The lowest BCUT2D eigenvalue weighted by atomic mass is 9.89. The molecule has 0 radical (unpaired) electrons. The zero-order valence-electron chi connectivity index (χ0n) is 17.3. The van der Waals surface area contributed by atoms with Crippen LogP contribution in [0.4, 0.5) is 10.1 Å². The minimum Gasteiger partial charge on any atom is -0.385 e. The van der Waals surface area contributed by atoms with Gasteiger partial charge in [-0.15, -0.1) is 0 Å². The van der Waals surface area contributed by atoms with Gasteiger partial charge in [0.05, 0.1) is 6.33 Å². The summed E-state index contributed by atoms with van der Waals surface area (Å²) in [6, 6.07) is 14.2. The summed E-state index contributed by atoms with van der Waals surface area (Å²) in [4.78, 5) is 4.04. The van der Waals surface area contributed by atoms with Crippen LogP contribution in [0.5, 0.6) is 0 Å². The third-order valence-corrected chi connectivity index (χ3v) is 7.44. The molecule has 2 aromatic carbocycles. The fraction of sp³-hybridized carbons (Fsp3) is 0.318. The summed E-state index contributed by atoms with van der Waals surface area (Å²) in [5.41, 5.74) is 8.61. The Labute approximate surface area is 181 Å². The summed E-state index contributed by atoms with van der Waals surface area (Å²) in [5, 5.41) is 3.46. The molecule has 1 fully saturated rings. The van der Waals surface area contributed by atoms with Crippen molar-refractivity contribution in [2.75, 3.05) is 25.0 Å². The van der Waals surface area contributed by atoms with Gasteiger partial charge in [-0.05, 0) is 41.3 Å². The van der Waals surface area contributed by atoms with E-state index in [1.807, 2.05) is 24.3 Å². The molecule has 0 unspecified atom stereocenters. The van der Waals surface area contributed by atoms with E-state index in [4.69, 9.17) is 5.73 Å². The van der Waals surface area contributed by atoms with E-state index in [9.17, 15) is 12.8 Å². The van der Waals surface area contributed by atoms with Gasteiger partial charge in [0.15, 0.2) is 5.03 Å². The Hall–Kier alpha value is -2.75. The number of aryl methyl sites for hydroxylation is 1. The molecule has 1 aliphatic rings. The lowest BCUT2D eigenvalue weighted by Crippen LogP contribution is -2.30. The smallest absolute Gasteiger partial charge is 0.262 e. The van der Waals surface area contributed by atoms with Crippen molar-refractivity contribution in [3.05, 3.63) is 78.0 Å². The Morgan fingerprint density at radius 3 is 2.65 bits per heavy atom. The molecule has 0 spiro atoms. The van der Waals surface area contributed by atoms with E-state index in [0.29, 0.717) is 26.2 Å². The van der Waals surface area contributed by atoms with Crippen LogP contribution in [0.15, 0.2) is 66.1 Å². The number of aromatic nitrogens is 2. The molecule has 0 bridgehead atoms. The molecule has 3 N–H and O–H groups in total. The number of anilines is 1. The van der Waals surface area contributed by atoms with Crippen LogP contribution in [-0.4, -0.2) is 41.9 Å². The molecule has 0 aliphatic carbocycles. The maximum atomic E-state index is 13.5. The number of sulfonamides is 1. The van der Waals surface area contributed by atoms with Gasteiger partial charge < -0.3 is 15.6 Å². The van der Waals surface area contributed by atoms with E-state index in [-0.39, 0.29) is 22.7 Å². The fourth-order valence-corrected chi connectivity index (χ4v) is 5.52. The normalized spacial score (nSPS) is 19.6. The van der Waals surface area contributed by atoms with Crippen LogP contribution in [0, 0.1) is 11.7 Å². The topological polar surface area (TPSA) is 93.2 Å². The van der Waals surface area contributed by atoms with Gasteiger partial charge in [0, 0.05) is 51.0 Å². The first-order chi connectivity index (χ1) is 14.9. The quantitative estimate of drug-likeness (QED) is 0.585. The van der Waals surface area contributed by atoms with Crippen LogP contribution in [0.25, 0.3) is 0 Å². The standard InChI is InChI=1S/C22H26FN5O2S/c1-27-14-22(26-15-27)31(29,30)28-12-18(11-25-20-4-2-3-16(9-20)10-24)21(13-28)17-5-7-19(23)8-6-17/h2-9,14-15,18,21,25H,10-13,24H2,1H3/t18-,21+/m1/s1. The summed E-state index contributed by atoms with van der Waals surface area (Å²) < 4.78 is 42.8. The highest BCUT2D eigenvalue weighted by atomic mass is 32.2. The molecular weight excluding hydrogens is 417 g/mol. The highest BCUT2D eigenvalue weighted by molar-refractivity contribution is 7.89. The SMILES string of the molecule is Cn1cnc(S(=O)(=O)N2C[C@@H](CNc3cccc(CN)c3)[C@H](c3ccc(F)cc3)C2)c1. The molecule has 164 valence electrons. The zero-order valence-corrected chi connectivity index (χ0v) is 18.1. The summed E-state index contributed by atoms with van der Waals surface area (Å²) in [6.45, 7) is 1.70. The Morgan fingerprint density at radius 2 is 1.97 bits per heavy atom. The highest BCUT2D eigenvalue weighted by Crippen LogP contribution is 2.35. The molecule has 0 amide bonds. The second kappa shape index (κ2) is 8.78. The highest BCUT2D eigenvalue weighted by Gasteiger charge is 2.40. The maximum absolute atomic E-state index is 13.5. The third kappa shape index (κ3) is 4.63. The van der Waals surface area contributed by atoms with Crippen molar-refractivity contribution in [3.63, 3.8) is 0 Å². The van der Waals surface area contributed by atoms with Gasteiger partial charge in [-0.1, -0.05) is 24.3 Å². The average molecular weight is 444 g/mol. The monoisotopic (exact) mass is 443 g/mol. The number of nitrogens with one attached hydrogen (secondary N) is 1. The van der Waals surface area contributed by atoms with Crippen LogP contribution in [0.3, 0.4) is 0 Å². The molecule has 1 aromatic heterocycles. The number of imidazole rings is 1. The summed E-state index contributed by atoms with van der Waals surface area (Å²) in [6.07, 6.45) is 2.98. The van der Waals surface area contributed by atoms with Crippen LogP contribution < -0.4 is 11.1 Å². The van der Waals surface area contributed by atoms with Crippen molar-refractivity contribution in [3.8, 4) is 0 Å². The minimum absolute atomic E-state index is 0.00508. The molecule has 7 nitrogen and oxygen atoms in total. The summed E-state index contributed by atoms with van der Waals surface area (Å²) in [7, 11) is -1.97. The number of hydrogen-bond donors (Lipinski definition) is 2. The van der Waals surface area contributed by atoms with Gasteiger partial charge in [-0.3, -0.25) is 0 Å². The summed E-state index contributed by atoms with van der Waals surface area (Å²) >= 11 is 0. The first-order valence-corrected chi connectivity index (χ1v) is 11.6. The Bertz CT molecular complexity index is 1150. The lowest BCUT2D eigenvalue weighted by Gasteiger charge is -2.20. The van der Waals surface area contributed by atoms with Crippen molar-refractivity contribution in [1.29, 1.82) is 0 Å². The number of nitrogens with zero attached hydrogens (tertiary/aromatic N) is 3. The van der Waals surface area contributed by atoms with Gasteiger partial charge in [-0.2, -0.15) is 4.31 Å². The van der Waals surface area contributed by atoms with E-state index in [0.717, 1.165) is 16.8 Å². The molecule has 1 saturated heterocycles. The van der Waals surface area contributed by atoms with E-state index in [1.165, 1.54) is 29.0 Å². The molecule has 31 heavy (non-hydrogen) atoms. The van der Waals surface area contributed by atoms with Crippen LogP contribution in [-0.2, 0) is 23.6 Å². The van der Waals surface area contributed by atoms with E-state index < -0.39 is 10.0 Å². The van der Waals surface area contributed by atoms with E-state index in [1.54, 1.807) is 23.7 Å². The van der Waals surface area contributed by atoms with Gasteiger partial charge in [-0.25, -0.2) is 17.8 Å². The van der Waals surface area contributed by atoms with Gasteiger partial charge in [0.25, 0.3) is 10.0 Å². The molecular formula is C22H26FN5O2S. The Kier molecular flexibility index (Phi) is 6.08. The summed E-state index contributed by atoms with van der Waals surface area (Å²) in [5.74, 6) is -0.372. The van der Waals surface area contributed by atoms with Crippen molar-refractivity contribution in [1.82, 2.24) is 13.9 Å². The van der Waals surface area contributed by atoms with E-state index in [2.05, 4.69) is 10.3 Å². The molecule has 4 rings (SSSR count). The largest absolute Gasteiger partial charge is 0.385 e. The number of rotatable bonds is 7. The predicted molar refractivity (Wildman–Crippen MR) is 117 cm³/mol. The van der Waals surface area contributed by atoms with Crippen LogP contribution >= 0.6 is 0 Å².